The minimum atomic E-state index is -0.205. The predicted octanol–water partition coefficient (Wildman–Crippen LogP) is 0.664. The Labute approximate surface area is 84.2 Å². The zero-order chi connectivity index (χ0) is 10.7. The summed E-state index contributed by atoms with van der Waals surface area (Å²) < 4.78 is 4.65. The molecule has 0 spiro atoms. The van der Waals surface area contributed by atoms with Gasteiger partial charge in [0.05, 0.1) is 13.0 Å². The van der Waals surface area contributed by atoms with Crippen LogP contribution in [0.25, 0.3) is 0 Å². The SMILES string of the molecule is COC(=O)C1CCN(C(=O)C(C)C)C1. The van der Waals surface area contributed by atoms with Crippen LogP contribution in [0.5, 0.6) is 0 Å². The number of esters is 1. The Morgan fingerprint density at radius 1 is 1.43 bits per heavy atom. The van der Waals surface area contributed by atoms with Crippen molar-refractivity contribution in [1.82, 2.24) is 4.90 Å². The molecule has 0 N–H and O–H groups in total. The van der Waals surface area contributed by atoms with Gasteiger partial charge in [-0.15, -0.1) is 0 Å². The summed E-state index contributed by atoms with van der Waals surface area (Å²) in [5.74, 6) is -0.199. The maximum atomic E-state index is 11.6. The fourth-order valence-corrected chi connectivity index (χ4v) is 1.68. The molecule has 1 fully saturated rings. The summed E-state index contributed by atoms with van der Waals surface area (Å²) in [6.07, 6.45) is 0.727. The number of carbonyl (C=O) groups excluding carboxylic acids is 2. The normalized spacial score (nSPS) is 21.4. The molecule has 1 unspecified atom stereocenters. The van der Waals surface area contributed by atoms with Crippen LogP contribution in [0.3, 0.4) is 0 Å². The molecular weight excluding hydrogens is 182 g/mol. The first-order valence-corrected chi connectivity index (χ1v) is 4.93. The Hall–Kier alpha value is -1.06. The molecule has 4 nitrogen and oxygen atoms in total. The second-order valence-corrected chi connectivity index (χ2v) is 3.95. The molecule has 0 aromatic heterocycles. The van der Waals surface area contributed by atoms with Crippen molar-refractivity contribution in [3.63, 3.8) is 0 Å². The third-order valence-electron chi connectivity index (χ3n) is 2.53. The van der Waals surface area contributed by atoms with Gasteiger partial charge in [-0.2, -0.15) is 0 Å². The summed E-state index contributed by atoms with van der Waals surface area (Å²) in [4.78, 5) is 24.5. The number of nitrogens with zero attached hydrogens (tertiary/aromatic N) is 1. The van der Waals surface area contributed by atoms with Gasteiger partial charge >= 0.3 is 5.97 Å². The number of hydrogen-bond acceptors (Lipinski definition) is 3. The molecule has 1 aliphatic rings. The first kappa shape index (κ1) is 11.0. The fraction of sp³-hybridized carbons (Fsp3) is 0.800. The minimum Gasteiger partial charge on any atom is -0.469 e. The molecule has 1 aliphatic heterocycles. The Balaban J connectivity index is 2.49. The van der Waals surface area contributed by atoms with E-state index < -0.39 is 0 Å². The Bertz CT molecular complexity index is 238. The highest BCUT2D eigenvalue weighted by atomic mass is 16.5. The van der Waals surface area contributed by atoms with Crippen LogP contribution in [0.4, 0.5) is 0 Å². The van der Waals surface area contributed by atoms with E-state index in [0.29, 0.717) is 13.1 Å². The first-order valence-electron chi connectivity index (χ1n) is 4.93. The molecule has 1 rings (SSSR count). The van der Waals surface area contributed by atoms with Crippen molar-refractivity contribution in [2.45, 2.75) is 20.3 Å². The zero-order valence-electron chi connectivity index (χ0n) is 8.95. The summed E-state index contributed by atoms with van der Waals surface area (Å²) in [6, 6.07) is 0. The molecule has 1 atom stereocenters. The summed E-state index contributed by atoms with van der Waals surface area (Å²) in [6.45, 7) is 4.93. The zero-order valence-corrected chi connectivity index (χ0v) is 8.95. The fourth-order valence-electron chi connectivity index (χ4n) is 1.68. The summed E-state index contributed by atoms with van der Waals surface area (Å²) >= 11 is 0. The third-order valence-corrected chi connectivity index (χ3v) is 2.53. The standard InChI is InChI=1S/C10H17NO3/c1-7(2)9(12)11-5-4-8(6-11)10(13)14-3/h7-8H,4-6H2,1-3H3. The van der Waals surface area contributed by atoms with Gasteiger partial charge in [0.2, 0.25) is 5.91 Å². The van der Waals surface area contributed by atoms with Crippen molar-refractivity contribution in [2.24, 2.45) is 11.8 Å². The van der Waals surface area contributed by atoms with E-state index in [1.54, 1.807) is 4.90 Å². The number of methoxy groups -OCH3 is 1. The molecular formula is C10H17NO3. The monoisotopic (exact) mass is 199 g/mol. The van der Waals surface area contributed by atoms with Crippen LogP contribution in [0.2, 0.25) is 0 Å². The molecule has 14 heavy (non-hydrogen) atoms. The molecule has 1 heterocycles. The number of ether oxygens (including phenoxy) is 1. The van der Waals surface area contributed by atoms with Crippen LogP contribution in [0.1, 0.15) is 20.3 Å². The lowest BCUT2D eigenvalue weighted by molar-refractivity contribution is -0.145. The smallest absolute Gasteiger partial charge is 0.310 e. The van der Waals surface area contributed by atoms with Crippen LogP contribution in [0.15, 0.2) is 0 Å². The molecule has 0 bridgehead atoms. The molecule has 0 aliphatic carbocycles. The highest BCUT2D eigenvalue weighted by Gasteiger charge is 2.32. The summed E-state index contributed by atoms with van der Waals surface area (Å²) in [5.41, 5.74) is 0. The molecule has 80 valence electrons. The Morgan fingerprint density at radius 2 is 2.07 bits per heavy atom. The lowest BCUT2D eigenvalue weighted by Gasteiger charge is -2.18. The van der Waals surface area contributed by atoms with Crippen molar-refractivity contribution in [1.29, 1.82) is 0 Å². The second-order valence-electron chi connectivity index (χ2n) is 3.95. The van der Waals surface area contributed by atoms with Gasteiger partial charge in [0.15, 0.2) is 0 Å². The summed E-state index contributed by atoms with van der Waals surface area (Å²) in [5, 5.41) is 0. The number of carbonyl (C=O) groups is 2. The van der Waals surface area contributed by atoms with E-state index >= 15 is 0 Å². The van der Waals surface area contributed by atoms with E-state index in [-0.39, 0.29) is 23.7 Å². The molecule has 0 saturated carbocycles. The van der Waals surface area contributed by atoms with Crippen LogP contribution in [-0.4, -0.2) is 37.0 Å². The highest BCUT2D eigenvalue weighted by Crippen LogP contribution is 2.19. The quantitative estimate of drug-likeness (QED) is 0.614. The average molecular weight is 199 g/mol. The second kappa shape index (κ2) is 4.44. The van der Waals surface area contributed by atoms with E-state index in [1.165, 1.54) is 7.11 Å². The first-order chi connectivity index (χ1) is 6.56. The van der Waals surface area contributed by atoms with Crippen molar-refractivity contribution in [3.8, 4) is 0 Å². The molecule has 4 heteroatoms. The van der Waals surface area contributed by atoms with Crippen molar-refractivity contribution in [2.75, 3.05) is 20.2 Å². The van der Waals surface area contributed by atoms with Gasteiger partial charge in [-0.05, 0) is 6.42 Å². The molecule has 1 saturated heterocycles. The van der Waals surface area contributed by atoms with E-state index in [4.69, 9.17) is 0 Å². The minimum absolute atomic E-state index is 0.00592. The van der Waals surface area contributed by atoms with Gasteiger partial charge in [0, 0.05) is 19.0 Å². The van der Waals surface area contributed by atoms with Crippen LogP contribution >= 0.6 is 0 Å². The van der Waals surface area contributed by atoms with Gasteiger partial charge in [-0.1, -0.05) is 13.8 Å². The highest BCUT2D eigenvalue weighted by molar-refractivity contribution is 5.80. The largest absolute Gasteiger partial charge is 0.469 e. The lowest BCUT2D eigenvalue weighted by Crippen LogP contribution is -2.33. The van der Waals surface area contributed by atoms with E-state index in [0.717, 1.165) is 6.42 Å². The maximum absolute atomic E-state index is 11.6. The topological polar surface area (TPSA) is 46.6 Å². The van der Waals surface area contributed by atoms with Crippen LogP contribution in [0, 0.1) is 11.8 Å². The third kappa shape index (κ3) is 2.25. The molecule has 0 aromatic rings. The molecule has 0 aromatic carbocycles. The van der Waals surface area contributed by atoms with Gasteiger partial charge in [0.25, 0.3) is 0 Å². The molecule has 1 amide bonds. The van der Waals surface area contributed by atoms with Gasteiger partial charge < -0.3 is 9.64 Å². The Kier molecular flexibility index (Phi) is 3.49. The van der Waals surface area contributed by atoms with Crippen LogP contribution < -0.4 is 0 Å². The Morgan fingerprint density at radius 3 is 2.57 bits per heavy atom. The maximum Gasteiger partial charge on any atom is 0.310 e. The van der Waals surface area contributed by atoms with Crippen LogP contribution in [-0.2, 0) is 14.3 Å². The van der Waals surface area contributed by atoms with E-state index in [2.05, 4.69) is 4.74 Å². The number of rotatable bonds is 2. The number of hydrogen-bond donors (Lipinski definition) is 0. The van der Waals surface area contributed by atoms with Crippen molar-refractivity contribution >= 4 is 11.9 Å². The van der Waals surface area contributed by atoms with Crippen molar-refractivity contribution < 1.29 is 14.3 Å². The lowest BCUT2D eigenvalue weighted by atomic mass is 10.1. The summed E-state index contributed by atoms with van der Waals surface area (Å²) in [7, 11) is 1.38. The van der Waals surface area contributed by atoms with Gasteiger partial charge in [0.1, 0.15) is 0 Å². The average Bonchev–Trinajstić information content (AvgIpc) is 2.64. The number of amides is 1. The van der Waals surface area contributed by atoms with Gasteiger partial charge in [-0.3, -0.25) is 9.59 Å². The van der Waals surface area contributed by atoms with Crippen molar-refractivity contribution in [3.05, 3.63) is 0 Å². The molecule has 0 radical (unpaired) electrons. The number of likely N-dealkylation sites (tertiary alicyclic amines) is 1. The van der Waals surface area contributed by atoms with E-state index in [9.17, 15) is 9.59 Å². The van der Waals surface area contributed by atoms with Gasteiger partial charge in [-0.25, -0.2) is 0 Å². The van der Waals surface area contributed by atoms with E-state index in [1.807, 2.05) is 13.8 Å². The predicted molar refractivity (Wildman–Crippen MR) is 51.5 cm³/mol.